The molecule has 0 fully saturated rings. The maximum atomic E-state index is 12.2. The van der Waals surface area contributed by atoms with Crippen LogP contribution in [-0.2, 0) is 11.3 Å². The normalized spacial score (nSPS) is 12.9. The van der Waals surface area contributed by atoms with Crippen molar-refractivity contribution in [1.29, 1.82) is 0 Å². The molecule has 5 heteroatoms. The van der Waals surface area contributed by atoms with Crippen molar-refractivity contribution in [3.05, 3.63) is 68.7 Å². The van der Waals surface area contributed by atoms with Crippen LogP contribution in [0, 0.1) is 0 Å². The summed E-state index contributed by atoms with van der Waals surface area (Å²) in [6, 6.07) is 13.1. The van der Waals surface area contributed by atoms with Crippen LogP contribution in [0.25, 0.3) is 6.08 Å². The fourth-order valence-electron chi connectivity index (χ4n) is 2.22. The maximum absolute atomic E-state index is 12.2. The number of carbonyl (C=O) groups is 1. The Morgan fingerprint density at radius 1 is 1.27 bits per heavy atom. The third-order valence-electron chi connectivity index (χ3n) is 3.32. The zero-order valence-corrected chi connectivity index (χ0v) is 13.9. The van der Waals surface area contributed by atoms with Crippen LogP contribution in [0.3, 0.4) is 0 Å². The first-order chi connectivity index (χ1) is 10.6. The minimum Gasteiger partial charge on any atom is -0.488 e. The number of hydrogen-bond donors (Lipinski definition) is 1. The Morgan fingerprint density at radius 2 is 2.14 bits per heavy atom. The first-order valence-electron chi connectivity index (χ1n) is 6.77. The number of amides is 1. The molecule has 0 unspecified atom stereocenters. The average molecular weight is 379 g/mol. The Labute approximate surface area is 142 Å². The Bertz CT molecular complexity index is 758. The van der Waals surface area contributed by atoms with E-state index in [1.165, 1.54) is 0 Å². The number of fused-ring (bicyclic) bond motifs is 1. The van der Waals surface area contributed by atoms with Gasteiger partial charge in [-0.25, -0.2) is 0 Å². The van der Waals surface area contributed by atoms with Gasteiger partial charge in [-0.15, -0.1) is 0 Å². The molecule has 0 atom stereocenters. The molecule has 1 amide bonds. The summed E-state index contributed by atoms with van der Waals surface area (Å²) in [6.45, 7) is 0.706. The Kier molecular flexibility index (Phi) is 4.50. The quantitative estimate of drug-likeness (QED) is 0.869. The van der Waals surface area contributed by atoms with Crippen molar-refractivity contribution in [2.45, 2.75) is 6.54 Å². The van der Waals surface area contributed by atoms with E-state index in [0.29, 0.717) is 17.1 Å². The van der Waals surface area contributed by atoms with Crippen LogP contribution in [0.4, 0.5) is 0 Å². The fourth-order valence-corrected chi connectivity index (χ4v) is 2.81. The van der Waals surface area contributed by atoms with E-state index in [9.17, 15) is 4.79 Å². The fraction of sp³-hybridized carbons (Fsp3) is 0.118. The summed E-state index contributed by atoms with van der Waals surface area (Å²) in [4.78, 5) is 12.2. The highest BCUT2D eigenvalue weighted by Gasteiger charge is 2.17. The summed E-state index contributed by atoms with van der Waals surface area (Å²) < 4.78 is 6.56. The number of benzene rings is 2. The predicted octanol–water partition coefficient (Wildman–Crippen LogP) is 4.19. The molecule has 0 saturated heterocycles. The molecule has 1 aliphatic rings. The number of halogens is 2. The van der Waals surface area contributed by atoms with Gasteiger partial charge in [-0.05, 0) is 42.0 Å². The summed E-state index contributed by atoms with van der Waals surface area (Å²) in [5.74, 6) is 0.653. The van der Waals surface area contributed by atoms with E-state index >= 15 is 0 Å². The van der Waals surface area contributed by atoms with Crippen LogP contribution in [0.2, 0.25) is 5.02 Å². The number of nitrogens with one attached hydrogen (secondary N) is 1. The van der Waals surface area contributed by atoms with Gasteiger partial charge in [-0.3, -0.25) is 4.79 Å². The van der Waals surface area contributed by atoms with Crippen LogP contribution in [0.1, 0.15) is 11.1 Å². The van der Waals surface area contributed by atoms with Gasteiger partial charge in [0.15, 0.2) is 0 Å². The largest absolute Gasteiger partial charge is 0.488 e. The van der Waals surface area contributed by atoms with Gasteiger partial charge >= 0.3 is 0 Å². The second-order valence-corrected chi connectivity index (χ2v) is 6.31. The van der Waals surface area contributed by atoms with Crippen molar-refractivity contribution in [3.63, 3.8) is 0 Å². The maximum Gasteiger partial charge on any atom is 0.250 e. The van der Waals surface area contributed by atoms with Crippen LogP contribution in [0.15, 0.2) is 52.5 Å². The van der Waals surface area contributed by atoms with Crippen molar-refractivity contribution in [3.8, 4) is 5.75 Å². The van der Waals surface area contributed by atoms with Gasteiger partial charge in [-0.2, -0.15) is 0 Å². The van der Waals surface area contributed by atoms with Crippen molar-refractivity contribution in [2.75, 3.05) is 6.61 Å². The highest BCUT2D eigenvalue weighted by molar-refractivity contribution is 9.10. The molecule has 0 radical (unpaired) electrons. The molecule has 2 aromatic carbocycles. The third kappa shape index (κ3) is 3.51. The Morgan fingerprint density at radius 3 is 2.95 bits per heavy atom. The lowest BCUT2D eigenvalue weighted by atomic mass is 10.1. The number of ether oxygens (including phenoxy) is 1. The summed E-state index contributed by atoms with van der Waals surface area (Å²) in [5, 5.41) is 3.54. The molecule has 22 heavy (non-hydrogen) atoms. The Balaban J connectivity index is 1.70. The topological polar surface area (TPSA) is 38.3 Å². The molecule has 0 spiro atoms. The monoisotopic (exact) mass is 377 g/mol. The lowest BCUT2D eigenvalue weighted by Gasteiger charge is -2.18. The molecule has 3 rings (SSSR count). The van der Waals surface area contributed by atoms with Crippen molar-refractivity contribution >= 4 is 39.5 Å². The zero-order valence-electron chi connectivity index (χ0n) is 11.6. The number of hydrogen-bond acceptors (Lipinski definition) is 2. The van der Waals surface area contributed by atoms with E-state index < -0.39 is 0 Å². The van der Waals surface area contributed by atoms with Gasteiger partial charge in [-0.1, -0.05) is 39.7 Å². The minimum absolute atomic E-state index is 0.134. The molecule has 0 bridgehead atoms. The smallest absolute Gasteiger partial charge is 0.250 e. The van der Waals surface area contributed by atoms with E-state index in [-0.39, 0.29) is 12.5 Å². The van der Waals surface area contributed by atoms with Crippen LogP contribution < -0.4 is 10.1 Å². The first-order valence-corrected chi connectivity index (χ1v) is 7.94. The first kappa shape index (κ1) is 15.1. The van der Waals surface area contributed by atoms with Gasteiger partial charge in [0.25, 0.3) is 5.91 Å². The molecular formula is C17H13BrClNO2. The summed E-state index contributed by atoms with van der Waals surface area (Å²) in [6.07, 6.45) is 1.86. The molecule has 1 aliphatic heterocycles. The van der Waals surface area contributed by atoms with Crippen LogP contribution in [0.5, 0.6) is 5.75 Å². The van der Waals surface area contributed by atoms with E-state index in [2.05, 4.69) is 21.2 Å². The standard InChI is InChI=1S/C17H13BrClNO2/c18-14-4-5-16-12(8-14)7-13(10-22-16)17(21)20-9-11-2-1-3-15(19)6-11/h1-8H,9-10H2,(H,20,21). The van der Waals surface area contributed by atoms with Gasteiger partial charge in [0, 0.05) is 21.6 Å². The lowest BCUT2D eigenvalue weighted by molar-refractivity contribution is -0.117. The van der Waals surface area contributed by atoms with Gasteiger partial charge in [0.05, 0.1) is 5.57 Å². The van der Waals surface area contributed by atoms with Crippen molar-refractivity contribution in [2.24, 2.45) is 0 Å². The van der Waals surface area contributed by atoms with Gasteiger partial charge in [0.2, 0.25) is 0 Å². The summed E-state index contributed by atoms with van der Waals surface area (Å²) >= 11 is 9.35. The third-order valence-corrected chi connectivity index (χ3v) is 4.05. The molecule has 1 heterocycles. The molecule has 0 saturated carbocycles. The lowest BCUT2D eigenvalue weighted by Crippen LogP contribution is -2.28. The van der Waals surface area contributed by atoms with E-state index in [1.807, 2.05) is 42.5 Å². The minimum atomic E-state index is -0.134. The van der Waals surface area contributed by atoms with Crippen molar-refractivity contribution in [1.82, 2.24) is 5.32 Å². The predicted molar refractivity (Wildman–Crippen MR) is 90.9 cm³/mol. The number of carbonyl (C=O) groups excluding carboxylic acids is 1. The van der Waals surface area contributed by atoms with E-state index in [1.54, 1.807) is 6.07 Å². The highest BCUT2D eigenvalue weighted by atomic mass is 79.9. The van der Waals surface area contributed by atoms with Crippen LogP contribution >= 0.6 is 27.5 Å². The SMILES string of the molecule is O=C(NCc1cccc(Cl)c1)C1=Cc2cc(Br)ccc2OC1. The summed E-state index contributed by atoms with van der Waals surface area (Å²) in [5.41, 5.74) is 2.46. The Hall–Kier alpha value is -1.78. The summed E-state index contributed by atoms with van der Waals surface area (Å²) in [7, 11) is 0. The van der Waals surface area contributed by atoms with Crippen molar-refractivity contribution < 1.29 is 9.53 Å². The van der Waals surface area contributed by atoms with Gasteiger partial charge in [0.1, 0.15) is 12.4 Å². The molecule has 0 aliphatic carbocycles. The van der Waals surface area contributed by atoms with Crippen LogP contribution in [-0.4, -0.2) is 12.5 Å². The molecule has 2 aromatic rings. The zero-order chi connectivity index (χ0) is 15.5. The second-order valence-electron chi connectivity index (χ2n) is 4.95. The van der Waals surface area contributed by atoms with E-state index in [4.69, 9.17) is 16.3 Å². The van der Waals surface area contributed by atoms with Gasteiger partial charge < -0.3 is 10.1 Å². The average Bonchev–Trinajstić information content (AvgIpc) is 2.52. The molecule has 1 N–H and O–H groups in total. The molecule has 3 nitrogen and oxygen atoms in total. The second kappa shape index (κ2) is 6.55. The highest BCUT2D eigenvalue weighted by Crippen LogP contribution is 2.29. The molecule has 0 aromatic heterocycles. The van der Waals surface area contributed by atoms with E-state index in [0.717, 1.165) is 21.3 Å². The molecular weight excluding hydrogens is 366 g/mol. The number of rotatable bonds is 3. The molecule has 112 valence electrons.